The largest absolute Gasteiger partial charge is 0.307 e. The van der Waals surface area contributed by atoms with Gasteiger partial charge in [0.1, 0.15) is 0 Å². The number of rotatable bonds is 0. The van der Waals surface area contributed by atoms with E-state index in [-0.39, 0.29) is 4.87 Å². The summed E-state index contributed by atoms with van der Waals surface area (Å²) in [6.45, 7) is 0. The van der Waals surface area contributed by atoms with Gasteiger partial charge in [0.25, 0.3) is 0 Å². The average Bonchev–Trinajstić information content (AvgIpc) is 2.30. The summed E-state index contributed by atoms with van der Waals surface area (Å²) in [5.74, 6) is 0. The lowest BCUT2D eigenvalue weighted by Gasteiger charge is -1.95. The Bertz CT molecular complexity index is 409. The maximum absolute atomic E-state index is 11.2. The minimum Gasteiger partial charge on any atom is -0.302 e. The van der Waals surface area contributed by atoms with Gasteiger partial charge >= 0.3 is 4.87 Å². The number of thiazole rings is 1. The van der Waals surface area contributed by atoms with Crippen molar-refractivity contribution in [3.05, 3.63) is 38.5 Å². The van der Waals surface area contributed by atoms with Gasteiger partial charge in [-0.05, 0) is 6.08 Å². The van der Waals surface area contributed by atoms with Crippen LogP contribution in [-0.4, -0.2) is 4.57 Å². The molecule has 0 atom stereocenters. The third-order valence-corrected chi connectivity index (χ3v) is 3.01. The molecule has 0 saturated carbocycles. The highest BCUT2D eigenvalue weighted by Crippen LogP contribution is 2.16. The quantitative estimate of drug-likeness (QED) is 0.592. The molecule has 0 aliphatic heterocycles. The normalized spacial score (nSPS) is 14.4. The molecule has 1 aromatic heterocycles. The number of hydrogen-bond acceptors (Lipinski definition) is 2. The molecule has 62 valence electrons. The standard InChI is InChI=1S/C9H9NOS/c1-10-7-5-3-2-4-6-8(7)12-9(10)11/h2-5H,6H2,1H3. The smallest absolute Gasteiger partial charge is 0.302 e. The van der Waals surface area contributed by atoms with Crippen molar-refractivity contribution in [1.29, 1.82) is 0 Å². The van der Waals surface area contributed by atoms with Crippen LogP contribution in [0.25, 0.3) is 6.08 Å². The SMILES string of the molecule is Cn1c2c(sc1=O)CC=CC=C2. The molecule has 2 nitrogen and oxygen atoms in total. The third-order valence-electron chi connectivity index (χ3n) is 1.94. The van der Waals surface area contributed by atoms with E-state index in [1.807, 2.05) is 25.3 Å². The Hall–Kier alpha value is -1.09. The highest BCUT2D eigenvalue weighted by molar-refractivity contribution is 7.09. The average molecular weight is 179 g/mol. The first kappa shape index (κ1) is 7.55. The minimum atomic E-state index is 0.125. The van der Waals surface area contributed by atoms with Crippen LogP contribution in [0, 0.1) is 0 Å². The highest BCUT2D eigenvalue weighted by atomic mass is 32.1. The third kappa shape index (κ3) is 1.06. The van der Waals surface area contributed by atoms with Crippen LogP contribution in [0.5, 0.6) is 0 Å². The summed E-state index contributed by atoms with van der Waals surface area (Å²) in [6, 6.07) is 0. The summed E-state index contributed by atoms with van der Waals surface area (Å²) >= 11 is 1.34. The molecule has 1 aromatic rings. The van der Waals surface area contributed by atoms with Crippen LogP contribution in [0.15, 0.2) is 23.0 Å². The predicted octanol–water partition coefficient (Wildman–Crippen LogP) is 1.57. The van der Waals surface area contributed by atoms with Crippen molar-refractivity contribution in [3.8, 4) is 0 Å². The van der Waals surface area contributed by atoms with E-state index in [1.165, 1.54) is 11.3 Å². The second kappa shape index (κ2) is 2.75. The molecule has 0 spiro atoms. The maximum atomic E-state index is 11.2. The minimum absolute atomic E-state index is 0.125. The van der Waals surface area contributed by atoms with E-state index in [4.69, 9.17) is 0 Å². The van der Waals surface area contributed by atoms with Gasteiger partial charge in [-0.3, -0.25) is 4.79 Å². The Morgan fingerprint density at radius 3 is 3.17 bits per heavy atom. The van der Waals surface area contributed by atoms with E-state index >= 15 is 0 Å². The molecule has 0 fully saturated rings. The van der Waals surface area contributed by atoms with Gasteiger partial charge in [0.15, 0.2) is 0 Å². The first-order valence-corrected chi connectivity index (χ1v) is 4.62. The molecular formula is C9H9NOS. The summed E-state index contributed by atoms with van der Waals surface area (Å²) in [5, 5.41) is 0. The van der Waals surface area contributed by atoms with E-state index in [9.17, 15) is 4.79 Å². The van der Waals surface area contributed by atoms with E-state index < -0.39 is 0 Å². The number of hydrogen-bond donors (Lipinski definition) is 0. The first-order valence-electron chi connectivity index (χ1n) is 3.81. The fraction of sp³-hybridized carbons (Fsp3) is 0.222. The van der Waals surface area contributed by atoms with E-state index in [0.29, 0.717) is 0 Å². The molecule has 1 heterocycles. The van der Waals surface area contributed by atoms with Crippen LogP contribution in [0.3, 0.4) is 0 Å². The van der Waals surface area contributed by atoms with Gasteiger partial charge in [-0.1, -0.05) is 29.6 Å². The van der Waals surface area contributed by atoms with Crippen molar-refractivity contribution in [1.82, 2.24) is 4.57 Å². The molecule has 0 saturated heterocycles. The van der Waals surface area contributed by atoms with Gasteiger partial charge in [-0.2, -0.15) is 0 Å². The van der Waals surface area contributed by atoms with Crippen molar-refractivity contribution in [3.63, 3.8) is 0 Å². The Morgan fingerprint density at radius 1 is 1.50 bits per heavy atom. The van der Waals surface area contributed by atoms with Gasteiger partial charge in [-0.25, -0.2) is 0 Å². The van der Waals surface area contributed by atoms with Crippen LogP contribution < -0.4 is 4.87 Å². The lowest BCUT2D eigenvalue weighted by Crippen LogP contribution is -2.08. The molecule has 0 radical (unpaired) electrons. The summed E-state index contributed by atoms with van der Waals surface area (Å²) in [5.41, 5.74) is 1.05. The zero-order chi connectivity index (χ0) is 8.55. The van der Waals surface area contributed by atoms with Crippen molar-refractivity contribution < 1.29 is 0 Å². The Kier molecular flexibility index (Phi) is 1.73. The molecule has 1 aliphatic rings. The van der Waals surface area contributed by atoms with Crippen LogP contribution in [0.1, 0.15) is 10.6 Å². The summed E-state index contributed by atoms with van der Waals surface area (Å²) in [4.78, 5) is 12.5. The summed E-state index contributed by atoms with van der Waals surface area (Å²) < 4.78 is 1.70. The fourth-order valence-electron chi connectivity index (χ4n) is 1.26. The van der Waals surface area contributed by atoms with E-state index in [1.54, 1.807) is 4.57 Å². The molecule has 0 N–H and O–H groups in total. The van der Waals surface area contributed by atoms with Gasteiger partial charge in [0.05, 0.1) is 5.69 Å². The second-order valence-electron chi connectivity index (χ2n) is 2.73. The molecule has 12 heavy (non-hydrogen) atoms. The Labute approximate surface area is 74.5 Å². The number of fused-ring (bicyclic) bond motifs is 1. The zero-order valence-corrected chi connectivity index (χ0v) is 7.60. The number of nitrogens with zero attached hydrogens (tertiary/aromatic N) is 1. The maximum Gasteiger partial charge on any atom is 0.307 e. The van der Waals surface area contributed by atoms with Crippen LogP contribution in [0.4, 0.5) is 0 Å². The molecule has 0 amide bonds. The monoisotopic (exact) mass is 179 g/mol. The fourth-order valence-corrected chi connectivity index (χ4v) is 2.20. The van der Waals surface area contributed by atoms with Crippen molar-refractivity contribution in [2.24, 2.45) is 7.05 Å². The van der Waals surface area contributed by atoms with Crippen LogP contribution in [0.2, 0.25) is 0 Å². The molecule has 0 unspecified atom stereocenters. The van der Waals surface area contributed by atoms with Gasteiger partial charge in [0.2, 0.25) is 0 Å². The second-order valence-corrected chi connectivity index (χ2v) is 3.77. The lowest BCUT2D eigenvalue weighted by molar-refractivity contribution is 0.878. The van der Waals surface area contributed by atoms with Crippen molar-refractivity contribution in [2.45, 2.75) is 6.42 Å². The summed E-state index contributed by atoms with van der Waals surface area (Å²) in [6.07, 6.45) is 8.91. The number of aromatic nitrogens is 1. The predicted molar refractivity (Wildman–Crippen MR) is 51.4 cm³/mol. The molecule has 0 bridgehead atoms. The van der Waals surface area contributed by atoms with Gasteiger partial charge in [0, 0.05) is 18.3 Å². The zero-order valence-electron chi connectivity index (χ0n) is 6.78. The molecule has 2 rings (SSSR count). The van der Waals surface area contributed by atoms with E-state index in [2.05, 4.69) is 6.08 Å². The first-order chi connectivity index (χ1) is 5.79. The molecule has 0 aromatic carbocycles. The summed E-state index contributed by atoms with van der Waals surface area (Å²) in [7, 11) is 1.81. The Balaban J connectivity index is 2.67. The lowest BCUT2D eigenvalue weighted by atomic mass is 10.3. The number of allylic oxidation sites excluding steroid dienone is 3. The molecule has 3 heteroatoms. The molecular weight excluding hydrogens is 170 g/mol. The van der Waals surface area contributed by atoms with Gasteiger partial charge < -0.3 is 4.57 Å². The topological polar surface area (TPSA) is 22.0 Å². The van der Waals surface area contributed by atoms with Crippen LogP contribution in [-0.2, 0) is 13.5 Å². The van der Waals surface area contributed by atoms with E-state index in [0.717, 1.165) is 17.0 Å². The highest BCUT2D eigenvalue weighted by Gasteiger charge is 2.08. The van der Waals surface area contributed by atoms with Gasteiger partial charge in [-0.15, -0.1) is 0 Å². The Morgan fingerprint density at radius 2 is 2.33 bits per heavy atom. The van der Waals surface area contributed by atoms with Crippen molar-refractivity contribution >= 4 is 17.4 Å². The molecule has 1 aliphatic carbocycles. The van der Waals surface area contributed by atoms with Crippen molar-refractivity contribution in [2.75, 3.05) is 0 Å². The van der Waals surface area contributed by atoms with Crippen LogP contribution >= 0.6 is 11.3 Å².